The highest BCUT2D eigenvalue weighted by Crippen LogP contribution is 2.22. The number of rotatable bonds is 6. The third-order valence-electron chi connectivity index (χ3n) is 3.39. The summed E-state index contributed by atoms with van der Waals surface area (Å²) in [6.45, 7) is 1.34. The first-order chi connectivity index (χ1) is 12.3. The Morgan fingerprint density at radius 3 is 2.42 bits per heavy atom. The van der Waals surface area contributed by atoms with Crippen molar-refractivity contribution in [3.63, 3.8) is 0 Å². The number of nitrogens with zero attached hydrogens (tertiary/aromatic N) is 1. The van der Waals surface area contributed by atoms with E-state index in [1.54, 1.807) is 12.1 Å². The van der Waals surface area contributed by atoms with Gasteiger partial charge in [-0.2, -0.15) is 4.39 Å². The fourth-order valence-electron chi connectivity index (χ4n) is 1.98. The molecule has 0 saturated carbocycles. The molecule has 0 aliphatic rings. The van der Waals surface area contributed by atoms with Crippen molar-refractivity contribution in [3.8, 4) is 5.75 Å². The van der Waals surface area contributed by atoms with Crippen LogP contribution < -0.4 is 10.1 Å². The number of anilines is 1. The monoisotopic (exact) mass is 362 g/mol. The molecule has 0 heterocycles. The number of halogens is 1. The molecular formula is C17H15FN2O6. The van der Waals surface area contributed by atoms with Crippen molar-refractivity contribution >= 4 is 23.3 Å². The number of amides is 1. The van der Waals surface area contributed by atoms with Crippen LogP contribution in [0.4, 0.5) is 15.8 Å². The number of nitrogens with one attached hydrogen (secondary N) is 1. The molecule has 0 saturated heterocycles. The normalized spacial score (nSPS) is 11.3. The summed E-state index contributed by atoms with van der Waals surface area (Å²) < 4.78 is 23.3. The number of benzene rings is 2. The fraction of sp³-hybridized carbons (Fsp3) is 0.176. The quantitative estimate of drug-likeness (QED) is 0.481. The maximum absolute atomic E-state index is 13.3. The van der Waals surface area contributed by atoms with Crippen LogP contribution in [0.2, 0.25) is 0 Å². The van der Waals surface area contributed by atoms with Gasteiger partial charge in [0.2, 0.25) is 5.82 Å². The van der Waals surface area contributed by atoms with Gasteiger partial charge in [-0.05, 0) is 43.3 Å². The molecule has 1 atom stereocenters. The first-order valence-electron chi connectivity index (χ1n) is 7.41. The lowest BCUT2D eigenvalue weighted by atomic mass is 10.2. The molecule has 0 aliphatic carbocycles. The molecule has 1 N–H and O–H groups in total. The zero-order valence-electron chi connectivity index (χ0n) is 13.9. The highest BCUT2D eigenvalue weighted by Gasteiger charge is 2.21. The summed E-state index contributed by atoms with van der Waals surface area (Å²) >= 11 is 0. The van der Waals surface area contributed by atoms with E-state index < -0.39 is 34.4 Å². The lowest BCUT2D eigenvalue weighted by Crippen LogP contribution is -2.30. The van der Waals surface area contributed by atoms with Crippen LogP contribution in [0, 0.1) is 15.9 Å². The molecule has 0 aliphatic heterocycles. The van der Waals surface area contributed by atoms with Gasteiger partial charge in [0.15, 0.2) is 6.10 Å². The summed E-state index contributed by atoms with van der Waals surface area (Å²) in [5, 5.41) is 13.0. The van der Waals surface area contributed by atoms with Gasteiger partial charge in [-0.15, -0.1) is 0 Å². The standard InChI is InChI=1S/C17H15FN2O6/c1-10(26-17(22)11-3-6-13(25-2)7-4-11)16(21)19-12-5-8-14(18)15(9-12)20(23)24/h3-10H,1-2H3,(H,19,21)/t10-/m1/s1. The Bertz CT molecular complexity index is 838. The number of methoxy groups -OCH3 is 1. The fourth-order valence-corrected chi connectivity index (χ4v) is 1.98. The van der Waals surface area contributed by atoms with Crippen LogP contribution in [0.25, 0.3) is 0 Å². The second-order valence-electron chi connectivity index (χ2n) is 5.19. The van der Waals surface area contributed by atoms with E-state index in [9.17, 15) is 24.1 Å². The Kier molecular flexibility index (Phi) is 5.84. The first-order valence-corrected chi connectivity index (χ1v) is 7.41. The third-order valence-corrected chi connectivity index (χ3v) is 3.39. The molecule has 2 rings (SSSR count). The maximum Gasteiger partial charge on any atom is 0.338 e. The summed E-state index contributed by atoms with van der Waals surface area (Å²) in [6.07, 6.45) is -1.17. The number of hydrogen-bond acceptors (Lipinski definition) is 6. The van der Waals surface area contributed by atoms with E-state index >= 15 is 0 Å². The summed E-state index contributed by atoms with van der Waals surface area (Å²) in [5.41, 5.74) is -0.538. The Morgan fingerprint density at radius 2 is 1.85 bits per heavy atom. The molecule has 0 spiro atoms. The minimum Gasteiger partial charge on any atom is -0.497 e. The number of nitro groups is 1. The Morgan fingerprint density at radius 1 is 1.19 bits per heavy atom. The summed E-state index contributed by atoms with van der Waals surface area (Å²) in [4.78, 5) is 33.9. The van der Waals surface area contributed by atoms with Crippen LogP contribution in [-0.2, 0) is 9.53 Å². The van der Waals surface area contributed by atoms with Crippen molar-refractivity contribution in [2.75, 3.05) is 12.4 Å². The van der Waals surface area contributed by atoms with E-state index in [-0.39, 0.29) is 11.3 Å². The van der Waals surface area contributed by atoms with Crippen LogP contribution in [-0.4, -0.2) is 30.0 Å². The predicted octanol–water partition coefficient (Wildman–Crippen LogP) is 2.93. The topological polar surface area (TPSA) is 108 Å². The van der Waals surface area contributed by atoms with Gasteiger partial charge in [-0.25, -0.2) is 4.79 Å². The van der Waals surface area contributed by atoms with E-state index in [4.69, 9.17) is 9.47 Å². The average Bonchev–Trinajstić information content (AvgIpc) is 2.62. The maximum atomic E-state index is 13.3. The molecule has 8 nitrogen and oxygen atoms in total. The van der Waals surface area contributed by atoms with Crippen molar-refractivity contribution in [1.29, 1.82) is 0 Å². The predicted molar refractivity (Wildman–Crippen MR) is 89.6 cm³/mol. The molecule has 0 bridgehead atoms. The van der Waals surface area contributed by atoms with Gasteiger partial charge in [-0.3, -0.25) is 14.9 Å². The number of carbonyl (C=O) groups excluding carboxylic acids is 2. The number of carbonyl (C=O) groups is 2. The first kappa shape index (κ1) is 18.8. The van der Waals surface area contributed by atoms with Gasteiger partial charge in [0.25, 0.3) is 5.91 Å². The second kappa shape index (κ2) is 8.06. The van der Waals surface area contributed by atoms with E-state index in [0.717, 1.165) is 18.2 Å². The molecule has 1 amide bonds. The van der Waals surface area contributed by atoms with Gasteiger partial charge >= 0.3 is 11.7 Å². The number of ether oxygens (including phenoxy) is 2. The smallest absolute Gasteiger partial charge is 0.338 e. The molecule has 2 aromatic carbocycles. The van der Waals surface area contributed by atoms with Gasteiger partial charge in [0.05, 0.1) is 17.6 Å². The molecule has 0 aromatic heterocycles. The third kappa shape index (κ3) is 4.53. The molecule has 9 heteroatoms. The van der Waals surface area contributed by atoms with Crippen LogP contribution in [0.15, 0.2) is 42.5 Å². The minimum atomic E-state index is -1.17. The lowest BCUT2D eigenvalue weighted by Gasteiger charge is -2.13. The lowest BCUT2D eigenvalue weighted by molar-refractivity contribution is -0.387. The van der Waals surface area contributed by atoms with E-state index in [2.05, 4.69) is 5.32 Å². The zero-order valence-corrected chi connectivity index (χ0v) is 13.9. The van der Waals surface area contributed by atoms with E-state index in [1.165, 1.54) is 26.2 Å². The van der Waals surface area contributed by atoms with Gasteiger partial charge in [0.1, 0.15) is 5.75 Å². The molecule has 26 heavy (non-hydrogen) atoms. The molecular weight excluding hydrogens is 347 g/mol. The Hall–Kier alpha value is -3.49. The number of hydrogen-bond donors (Lipinski definition) is 1. The van der Waals surface area contributed by atoms with Crippen molar-refractivity contribution < 1.29 is 28.4 Å². The summed E-state index contributed by atoms with van der Waals surface area (Å²) in [7, 11) is 1.49. The molecule has 2 aromatic rings. The van der Waals surface area contributed by atoms with Crippen LogP contribution in [0.5, 0.6) is 5.75 Å². The minimum absolute atomic E-state index is 0.00967. The average molecular weight is 362 g/mol. The van der Waals surface area contributed by atoms with Gasteiger partial charge in [-0.1, -0.05) is 0 Å². The summed E-state index contributed by atoms with van der Waals surface area (Å²) in [6, 6.07) is 9.01. The second-order valence-corrected chi connectivity index (χ2v) is 5.19. The molecule has 0 unspecified atom stereocenters. The molecule has 0 fully saturated rings. The van der Waals surface area contributed by atoms with Crippen molar-refractivity contribution in [1.82, 2.24) is 0 Å². The number of esters is 1. The largest absolute Gasteiger partial charge is 0.497 e. The Labute approximate surface area is 147 Å². The van der Waals surface area contributed by atoms with Crippen LogP contribution >= 0.6 is 0 Å². The zero-order chi connectivity index (χ0) is 19.3. The van der Waals surface area contributed by atoms with Crippen LogP contribution in [0.3, 0.4) is 0 Å². The van der Waals surface area contributed by atoms with Crippen molar-refractivity contribution in [2.24, 2.45) is 0 Å². The van der Waals surface area contributed by atoms with Crippen molar-refractivity contribution in [3.05, 3.63) is 64.0 Å². The van der Waals surface area contributed by atoms with Gasteiger partial charge < -0.3 is 14.8 Å². The molecule has 0 radical (unpaired) electrons. The van der Waals surface area contributed by atoms with Crippen LogP contribution in [0.1, 0.15) is 17.3 Å². The summed E-state index contributed by atoms with van der Waals surface area (Å²) in [5.74, 6) is -1.90. The van der Waals surface area contributed by atoms with Gasteiger partial charge in [0, 0.05) is 11.8 Å². The van der Waals surface area contributed by atoms with E-state index in [1.807, 2.05) is 0 Å². The van der Waals surface area contributed by atoms with Crippen molar-refractivity contribution in [2.45, 2.75) is 13.0 Å². The van der Waals surface area contributed by atoms with E-state index in [0.29, 0.717) is 5.75 Å². The Balaban J connectivity index is 2.01. The SMILES string of the molecule is COc1ccc(C(=O)O[C@H](C)C(=O)Nc2ccc(F)c([N+](=O)[O-])c2)cc1. The highest BCUT2D eigenvalue weighted by molar-refractivity contribution is 5.97. The molecule has 136 valence electrons. The number of nitro benzene ring substituents is 1. The highest BCUT2D eigenvalue weighted by atomic mass is 19.1.